The fourth-order valence-corrected chi connectivity index (χ4v) is 4.64. The number of carbonyl (C=O) groups excluding carboxylic acids is 2. The third-order valence-corrected chi connectivity index (χ3v) is 6.06. The second kappa shape index (κ2) is 9.28. The molecule has 0 spiro atoms. The zero-order valence-corrected chi connectivity index (χ0v) is 17.8. The number of rotatable bonds is 7. The molecule has 2 amide bonds. The van der Waals surface area contributed by atoms with E-state index in [1.807, 2.05) is 25.1 Å². The van der Waals surface area contributed by atoms with Gasteiger partial charge in [-0.15, -0.1) is 11.3 Å². The van der Waals surface area contributed by atoms with Crippen LogP contribution in [0.2, 0.25) is 0 Å². The maximum absolute atomic E-state index is 11.9. The Balaban J connectivity index is 1.64. The molecule has 156 valence electrons. The molecule has 6 nitrogen and oxygen atoms in total. The summed E-state index contributed by atoms with van der Waals surface area (Å²) in [6, 6.07) is 14.4. The standard InChI is InChI=1S/C23H25N3O3S/c1-2-24-23(28)14-29-20-8-7-16(19-15-30-21-6-4-3-5-18(19)21)11-17(20)12-26-10-9-25-22(27)13-26/h3-8,11,15H,2,9-10,12-14H2,1H3,(H,24,28)(H,25,27). The van der Waals surface area contributed by atoms with E-state index in [2.05, 4.69) is 45.2 Å². The molecule has 0 radical (unpaired) electrons. The van der Waals surface area contributed by atoms with Gasteiger partial charge in [-0.1, -0.05) is 24.3 Å². The fourth-order valence-electron chi connectivity index (χ4n) is 3.67. The highest BCUT2D eigenvalue weighted by molar-refractivity contribution is 7.17. The van der Waals surface area contributed by atoms with Crippen LogP contribution in [0.25, 0.3) is 21.2 Å². The van der Waals surface area contributed by atoms with Gasteiger partial charge in [0.15, 0.2) is 6.61 Å². The van der Waals surface area contributed by atoms with Crippen molar-refractivity contribution in [3.05, 3.63) is 53.4 Å². The Labute approximate surface area is 179 Å². The molecular weight excluding hydrogens is 398 g/mol. The molecule has 7 heteroatoms. The Kier molecular flexibility index (Phi) is 6.30. The minimum absolute atomic E-state index is 0.0257. The smallest absolute Gasteiger partial charge is 0.257 e. The van der Waals surface area contributed by atoms with Crippen molar-refractivity contribution in [3.63, 3.8) is 0 Å². The van der Waals surface area contributed by atoms with Crippen LogP contribution in [0.1, 0.15) is 12.5 Å². The molecule has 0 bridgehead atoms. The van der Waals surface area contributed by atoms with E-state index in [-0.39, 0.29) is 18.4 Å². The predicted molar refractivity (Wildman–Crippen MR) is 120 cm³/mol. The van der Waals surface area contributed by atoms with Crippen LogP contribution in [0.15, 0.2) is 47.8 Å². The molecule has 2 aromatic carbocycles. The highest BCUT2D eigenvalue weighted by Gasteiger charge is 2.19. The molecular formula is C23H25N3O3S. The van der Waals surface area contributed by atoms with Gasteiger partial charge < -0.3 is 15.4 Å². The van der Waals surface area contributed by atoms with Crippen LogP contribution in [-0.4, -0.2) is 49.5 Å². The van der Waals surface area contributed by atoms with Crippen LogP contribution in [0.5, 0.6) is 5.75 Å². The molecule has 1 fully saturated rings. The number of amides is 2. The van der Waals surface area contributed by atoms with E-state index in [9.17, 15) is 9.59 Å². The molecule has 1 saturated heterocycles. The first-order chi connectivity index (χ1) is 14.6. The van der Waals surface area contributed by atoms with Crippen molar-refractivity contribution < 1.29 is 14.3 Å². The molecule has 0 aliphatic carbocycles. The molecule has 2 heterocycles. The van der Waals surface area contributed by atoms with Gasteiger partial charge >= 0.3 is 0 Å². The summed E-state index contributed by atoms with van der Waals surface area (Å²) in [5.41, 5.74) is 3.26. The molecule has 1 aliphatic heterocycles. The first-order valence-electron chi connectivity index (χ1n) is 10.1. The second-order valence-electron chi connectivity index (χ2n) is 7.27. The van der Waals surface area contributed by atoms with E-state index in [0.717, 1.165) is 17.7 Å². The van der Waals surface area contributed by atoms with Crippen molar-refractivity contribution in [2.24, 2.45) is 0 Å². The number of nitrogens with one attached hydrogen (secondary N) is 2. The zero-order valence-electron chi connectivity index (χ0n) is 16.9. The molecule has 0 unspecified atom stereocenters. The zero-order chi connectivity index (χ0) is 20.9. The Morgan fingerprint density at radius 2 is 2.13 bits per heavy atom. The van der Waals surface area contributed by atoms with Crippen LogP contribution >= 0.6 is 11.3 Å². The normalized spacial score (nSPS) is 14.5. The molecule has 3 aromatic rings. The number of piperazine rings is 1. The summed E-state index contributed by atoms with van der Waals surface area (Å²) in [4.78, 5) is 25.8. The van der Waals surface area contributed by atoms with Crippen molar-refractivity contribution in [2.45, 2.75) is 13.5 Å². The lowest BCUT2D eigenvalue weighted by Crippen LogP contribution is -2.47. The van der Waals surface area contributed by atoms with Crippen molar-refractivity contribution in [1.82, 2.24) is 15.5 Å². The van der Waals surface area contributed by atoms with Gasteiger partial charge in [-0.3, -0.25) is 14.5 Å². The molecule has 0 atom stereocenters. The largest absolute Gasteiger partial charge is 0.483 e. The summed E-state index contributed by atoms with van der Waals surface area (Å²) in [6.07, 6.45) is 0. The summed E-state index contributed by atoms with van der Waals surface area (Å²) in [5.74, 6) is 0.565. The molecule has 0 saturated carbocycles. The molecule has 2 N–H and O–H groups in total. The van der Waals surface area contributed by atoms with Gasteiger partial charge in [0.1, 0.15) is 5.75 Å². The van der Waals surface area contributed by atoms with Crippen LogP contribution in [0, 0.1) is 0 Å². The number of hydrogen-bond acceptors (Lipinski definition) is 5. The SMILES string of the molecule is CCNC(=O)COc1ccc(-c2csc3ccccc23)cc1CN1CCNC(=O)C1. The van der Waals surface area contributed by atoms with E-state index in [1.54, 1.807) is 11.3 Å². The number of likely N-dealkylation sites (N-methyl/N-ethyl adjacent to an activating group) is 1. The van der Waals surface area contributed by atoms with Crippen LogP contribution < -0.4 is 15.4 Å². The Morgan fingerprint density at radius 3 is 2.97 bits per heavy atom. The summed E-state index contributed by atoms with van der Waals surface area (Å²) in [6.45, 7) is 4.81. The van der Waals surface area contributed by atoms with Gasteiger partial charge in [0.2, 0.25) is 5.91 Å². The van der Waals surface area contributed by atoms with Crippen molar-refractivity contribution >= 4 is 33.2 Å². The van der Waals surface area contributed by atoms with Gasteiger partial charge in [0, 0.05) is 47.4 Å². The summed E-state index contributed by atoms with van der Waals surface area (Å²) >= 11 is 1.73. The lowest BCUT2D eigenvalue weighted by molar-refractivity contribution is -0.124. The number of fused-ring (bicyclic) bond motifs is 1. The predicted octanol–water partition coefficient (Wildman–Crippen LogP) is 3.02. The van der Waals surface area contributed by atoms with Crippen LogP contribution in [0.4, 0.5) is 0 Å². The van der Waals surface area contributed by atoms with Gasteiger partial charge in [-0.2, -0.15) is 0 Å². The van der Waals surface area contributed by atoms with E-state index in [1.165, 1.54) is 15.6 Å². The number of benzene rings is 2. The number of thiophene rings is 1. The topological polar surface area (TPSA) is 70.7 Å². The van der Waals surface area contributed by atoms with Gasteiger partial charge in [0.05, 0.1) is 6.54 Å². The lowest BCUT2D eigenvalue weighted by Gasteiger charge is -2.27. The number of carbonyl (C=O) groups is 2. The third kappa shape index (κ3) is 4.63. The minimum Gasteiger partial charge on any atom is -0.483 e. The lowest BCUT2D eigenvalue weighted by atomic mass is 10.0. The van der Waals surface area contributed by atoms with Crippen molar-refractivity contribution in [3.8, 4) is 16.9 Å². The fraction of sp³-hybridized carbons (Fsp3) is 0.304. The van der Waals surface area contributed by atoms with Crippen molar-refractivity contribution in [2.75, 3.05) is 32.8 Å². The van der Waals surface area contributed by atoms with Gasteiger partial charge in [0.25, 0.3) is 5.91 Å². The Morgan fingerprint density at radius 1 is 1.27 bits per heavy atom. The maximum atomic E-state index is 11.9. The van der Waals surface area contributed by atoms with E-state index >= 15 is 0 Å². The average Bonchev–Trinajstić information content (AvgIpc) is 3.17. The van der Waals surface area contributed by atoms with Gasteiger partial charge in [-0.05, 0) is 36.1 Å². The van der Waals surface area contributed by atoms with Crippen molar-refractivity contribution in [1.29, 1.82) is 0 Å². The number of hydrogen-bond donors (Lipinski definition) is 2. The monoisotopic (exact) mass is 423 g/mol. The van der Waals surface area contributed by atoms with E-state index in [0.29, 0.717) is 31.9 Å². The first kappa shape index (κ1) is 20.4. The summed E-state index contributed by atoms with van der Waals surface area (Å²) < 4.78 is 7.09. The molecule has 1 aliphatic rings. The highest BCUT2D eigenvalue weighted by Crippen LogP contribution is 2.36. The summed E-state index contributed by atoms with van der Waals surface area (Å²) in [7, 11) is 0. The third-order valence-electron chi connectivity index (χ3n) is 5.10. The van der Waals surface area contributed by atoms with Gasteiger partial charge in [-0.25, -0.2) is 0 Å². The Hall–Kier alpha value is -2.90. The van der Waals surface area contributed by atoms with Crippen LogP contribution in [0.3, 0.4) is 0 Å². The maximum Gasteiger partial charge on any atom is 0.257 e. The molecule has 1 aromatic heterocycles. The first-order valence-corrected chi connectivity index (χ1v) is 11.0. The van der Waals surface area contributed by atoms with Crippen LogP contribution in [-0.2, 0) is 16.1 Å². The molecule has 30 heavy (non-hydrogen) atoms. The number of ether oxygens (including phenoxy) is 1. The second-order valence-corrected chi connectivity index (χ2v) is 8.18. The quantitative estimate of drug-likeness (QED) is 0.613. The number of nitrogens with zero attached hydrogens (tertiary/aromatic N) is 1. The van der Waals surface area contributed by atoms with E-state index in [4.69, 9.17) is 4.74 Å². The molecule has 4 rings (SSSR count). The average molecular weight is 424 g/mol. The highest BCUT2D eigenvalue weighted by atomic mass is 32.1. The minimum atomic E-state index is -0.145. The Bertz CT molecular complexity index is 1060. The summed E-state index contributed by atoms with van der Waals surface area (Å²) in [5, 5.41) is 9.01. The van der Waals surface area contributed by atoms with E-state index < -0.39 is 0 Å².